The summed E-state index contributed by atoms with van der Waals surface area (Å²) < 4.78 is 0. The Bertz CT molecular complexity index is 1560. The van der Waals surface area contributed by atoms with E-state index in [1.807, 2.05) is 23.2 Å². The number of amides is 2. The summed E-state index contributed by atoms with van der Waals surface area (Å²) in [6, 6.07) is 5.79. The molecule has 1 heterocycles. The van der Waals surface area contributed by atoms with Crippen LogP contribution < -0.4 is 10.2 Å². The number of carbonyl (C=O) groups is 3. The van der Waals surface area contributed by atoms with Crippen molar-refractivity contribution in [1.82, 2.24) is 5.01 Å². The van der Waals surface area contributed by atoms with Crippen molar-refractivity contribution in [3.05, 3.63) is 40.7 Å². The Labute approximate surface area is 311 Å². The highest BCUT2D eigenvalue weighted by Gasteiger charge is 2.48. The molecule has 1 aliphatic heterocycles. The molecule has 0 aromatic heterocycles. The first-order valence-corrected chi connectivity index (χ1v) is 21.2. The zero-order chi connectivity index (χ0) is 36.2. The molecular weight excluding hydrogens is 649 g/mol. The molecule has 1 aromatic carbocycles. The first-order chi connectivity index (χ1) is 25.4. The van der Waals surface area contributed by atoms with Crippen LogP contribution in [0.5, 0.6) is 0 Å². The van der Waals surface area contributed by atoms with Crippen LogP contribution in [-0.4, -0.2) is 52.6 Å². The maximum Gasteiger partial charge on any atom is 0.277 e. The summed E-state index contributed by atoms with van der Waals surface area (Å²) >= 11 is 0. The van der Waals surface area contributed by atoms with Gasteiger partial charge in [0.2, 0.25) is 11.7 Å². The van der Waals surface area contributed by atoms with Gasteiger partial charge in [-0.2, -0.15) is 5.10 Å². The molecule has 0 saturated heterocycles. The number of nitrogens with zero attached hydrogens (tertiary/aromatic N) is 3. The normalized spacial score (nSPS) is 24.0. The zero-order valence-corrected chi connectivity index (χ0v) is 31.9. The number of anilines is 2. The van der Waals surface area contributed by atoms with E-state index >= 15 is 0 Å². The lowest BCUT2D eigenvalue weighted by Crippen LogP contribution is -2.46. The highest BCUT2D eigenvalue weighted by Crippen LogP contribution is 2.46. The minimum absolute atomic E-state index is 0.0442. The molecule has 8 nitrogen and oxygen atoms in total. The van der Waals surface area contributed by atoms with Crippen LogP contribution in [0, 0.1) is 23.7 Å². The number of nitrogens with one attached hydrogen (secondary N) is 1. The number of hydrogen-bond acceptors (Lipinski definition) is 6. The number of carbonyl (C=O) groups excluding carboxylic acids is 3. The van der Waals surface area contributed by atoms with Gasteiger partial charge in [-0.3, -0.25) is 14.4 Å². The van der Waals surface area contributed by atoms with Crippen molar-refractivity contribution in [1.29, 1.82) is 0 Å². The third-order valence-corrected chi connectivity index (χ3v) is 13.6. The molecule has 2 amide bonds. The van der Waals surface area contributed by atoms with Gasteiger partial charge < -0.3 is 15.3 Å². The van der Waals surface area contributed by atoms with Gasteiger partial charge >= 0.3 is 0 Å². The number of aliphatic hydroxyl groups excluding tert-OH is 1. The quantitative estimate of drug-likeness (QED) is 0.199. The number of ketones is 1. The fourth-order valence-electron chi connectivity index (χ4n) is 10.7. The molecule has 282 valence electrons. The lowest BCUT2D eigenvalue weighted by Gasteiger charge is -2.41. The van der Waals surface area contributed by atoms with Gasteiger partial charge in [0.05, 0.1) is 34.2 Å². The monoisotopic (exact) mass is 710 g/mol. The molecule has 2 N–H and O–H groups in total. The van der Waals surface area contributed by atoms with Gasteiger partial charge in [-0.15, -0.1) is 0 Å². The molecular formula is C44H62N4O4. The molecule has 6 aliphatic rings. The van der Waals surface area contributed by atoms with Gasteiger partial charge in [0.1, 0.15) is 5.76 Å². The summed E-state index contributed by atoms with van der Waals surface area (Å²) in [6.07, 6.45) is 23.2. The molecule has 0 unspecified atom stereocenters. The van der Waals surface area contributed by atoms with Crippen LogP contribution in [0.15, 0.2) is 40.2 Å². The van der Waals surface area contributed by atoms with Gasteiger partial charge in [0, 0.05) is 30.8 Å². The van der Waals surface area contributed by atoms with E-state index in [4.69, 9.17) is 5.10 Å². The molecule has 1 aromatic rings. The van der Waals surface area contributed by atoms with Crippen molar-refractivity contribution in [3.63, 3.8) is 0 Å². The number of rotatable bonds is 13. The van der Waals surface area contributed by atoms with E-state index in [1.54, 1.807) is 0 Å². The molecule has 0 bridgehead atoms. The van der Waals surface area contributed by atoms with Crippen LogP contribution in [0.3, 0.4) is 0 Å². The Kier molecular flexibility index (Phi) is 11.9. The smallest absolute Gasteiger partial charge is 0.277 e. The highest BCUT2D eigenvalue weighted by atomic mass is 16.3. The van der Waals surface area contributed by atoms with E-state index < -0.39 is 0 Å². The van der Waals surface area contributed by atoms with Gasteiger partial charge in [-0.25, -0.2) is 5.01 Å². The highest BCUT2D eigenvalue weighted by molar-refractivity contribution is 6.44. The number of aliphatic hydroxyl groups is 1. The third-order valence-electron chi connectivity index (χ3n) is 13.6. The molecule has 0 atom stereocenters. The molecule has 7 rings (SSSR count). The Balaban J connectivity index is 1.25. The summed E-state index contributed by atoms with van der Waals surface area (Å²) in [4.78, 5) is 44.8. The minimum atomic E-state index is -0.329. The molecule has 4 saturated carbocycles. The second-order valence-corrected chi connectivity index (χ2v) is 16.8. The lowest BCUT2D eigenvalue weighted by atomic mass is 9.73. The maximum absolute atomic E-state index is 14.8. The second kappa shape index (κ2) is 16.7. The number of allylic oxidation sites excluding steroid dienone is 2. The average molecular weight is 711 g/mol. The topological polar surface area (TPSA) is 102 Å². The van der Waals surface area contributed by atoms with E-state index in [2.05, 4.69) is 24.1 Å². The van der Waals surface area contributed by atoms with E-state index in [0.29, 0.717) is 59.0 Å². The maximum atomic E-state index is 14.8. The van der Waals surface area contributed by atoms with E-state index in [0.717, 1.165) is 76.6 Å². The molecule has 4 fully saturated rings. The summed E-state index contributed by atoms with van der Waals surface area (Å²) in [6.45, 7) is 5.80. The largest absolute Gasteiger partial charge is 0.506 e. The molecule has 0 radical (unpaired) electrons. The first-order valence-electron chi connectivity index (χ1n) is 21.2. The van der Waals surface area contributed by atoms with Crippen LogP contribution in [0.2, 0.25) is 0 Å². The first kappa shape index (κ1) is 36.9. The Hall–Kier alpha value is -3.42. The van der Waals surface area contributed by atoms with Gasteiger partial charge in [0.15, 0.2) is 0 Å². The predicted molar refractivity (Wildman–Crippen MR) is 209 cm³/mol. The van der Waals surface area contributed by atoms with Crippen molar-refractivity contribution in [2.75, 3.05) is 23.3 Å². The Morgan fingerprint density at radius 3 is 1.96 bits per heavy atom. The van der Waals surface area contributed by atoms with Crippen LogP contribution >= 0.6 is 0 Å². The SMILES string of the molecule is CCN(CC)c1ccc(C2=C(O)/C(=C3/C(=O)N(C(C4CCCCC4)C4CCCCC4)N=C3CCC3CCCC3)C2=O)c(NC(=O)CC2CCCC2)c1. The summed E-state index contributed by atoms with van der Waals surface area (Å²) in [5.41, 5.74) is 3.32. The molecule has 8 heteroatoms. The van der Waals surface area contributed by atoms with Gasteiger partial charge in [-0.05, 0) is 107 Å². The Morgan fingerprint density at radius 2 is 1.38 bits per heavy atom. The number of Topliss-reactive ketones (excluding diaryl/α,β-unsaturated/α-hetero) is 1. The van der Waals surface area contributed by atoms with E-state index in [9.17, 15) is 19.5 Å². The predicted octanol–water partition coefficient (Wildman–Crippen LogP) is 9.90. The summed E-state index contributed by atoms with van der Waals surface area (Å²) in [5.74, 6) is 1.11. The third kappa shape index (κ3) is 7.64. The lowest BCUT2D eigenvalue weighted by molar-refractivity contribution is -0.131. The van der Waals surface area contributed by atoms with Crippen molar-refractivity contribution in [3.8, 4) is 0 Å². The number of hydrazone groups is 1. The van der Waals surface area contributed by atoms with Crippen molar-refractivity contribution in [2.45, 2.75) is 155 Å². The fourth-order valence-corrected chi connectivity index (χ4v) is 10.7. The van der Waals surface area contributed by atoms with Crippen molar-refractivity contribution in [2.24, 2.45) is 28.8 Å². The zero-order valence-electron chi connectivity index (χ0n) is 31.9. The summed E-state index contributed by atoms with van der Waals surface area (Å²) in [5, 5.41) is 22.0. The second-order valence-electron chi connectivity index (χ2n) is 16.8. The average Bonchev–Trinajstić information content (AvgIpc) is 3.94. The minimum Gasteiger partial charge on any atom is -0.506 e. The van der Waals surface area contributed by atoms with Crippen LogP contribution in [0.4, 0.5) is 11.4 Å². The van der Waals surface area contributed by atoms with Gasteiger partial charge in [-0.1, -0.05) is 77.0 Å². The van der Waals surface area contributed by atoms with Crippen LogP contribution in [0.1, 0.15) is 154 Å². The van der Waals surface area contributed by atoms with Crippen LogP contribution in [0.25, 0.3) is 5.57 Å². The van der Waals surface area contributed by atoms with Crippen molar-refractivity contribution < 1.29 is 19.5 Å². The number of benzene rings is 1. The standard InChI is InChI=1S/C44H62N4O4/c1-3-47(4-2)33-24-25-34(36(28-33)45-37(49)27-30-17-13-14-18-30)38-42(50)40(43(38)51)39-35(26-23-29-15-11-12-16-29)46-48(44(39)52)41(31-19-7-5-8-20-31)32-21-9-6-10-22-32/h24-25,28-32,41,50H,3-23,26-27H2,1-2H3,(H,45,49)/b40-39-. The summed E-state index contributed by atoms with van der Waals surface area (Å²) in [7, 11) is 0. The van der Waals surface area contributed by atoms with E-state index in [1.165, 1.54) is 64.2 Å². The number of hydrogen-bond donors (Lipinski definition) is 2. The molecule has 52 heavy (non-hydrogen) atoms. The van der Waals surface area contributed by atoms with Crippen LogP contribution in [-0.2, 0) is 14.4 Å². The van der Waals surface area contributed by atoms with Crippen molar-refractivity contribution >= 4 is 40.3 Å². The molecule has 0 spiro atoms. The van der Waals surface area contributed by atoms with E-state index in [-0.39, 0.29) is 40.5 Å². The fraction of sp³-hybridized carbons (Fsp3) is 0.682. The molecule has 5 aliphatic carbocycles. The Morgan fingerprint density at radius 1 is 0.808 bits per heavy atom. The van der Waals surface area contributed by atoms with Gasteiger partial charge in [0.25, 0.3) is 5.91 Å².